The number of esters is 1. The number of carbonyl (C=O) groups is 2. The second kappa shape index (κ2) is 9.77. The van der Waals surface area contributed by atoms with E-state index in [2.05, 4.69) is 41.5 Å². The van der Waals surface area contributed by atoms with E-state index in [1.807, 2.05) is 0 Å². The van der Waals surface area contributed by atoms with Gasteiger partial charge in [0, 0.05) is 0 Å². The highest BCUT2D eigenvalue weighted by atomic mass is 16.5. The van der Waals surface area contributed by atoms with Crippen LogP contribution in [0, 0.1) is 16.7 Å². The number of ether oxygens (including phenoxy) is 2. The molecule has 0 aromatic heterocycles. The van der Waals surface area contributed by atoms with Gasteiger partial charge in [-0.1, -0.05) is 41.5 Å². The Morgan fingerprint density at radius 1 is 0.963 bits per heavy atom. The Kier molecular flexibility index (Phi) is 8.32. The van der Waals surface area contributed by atoms with Crippen molar-refractivity contribution in [3.05, 3.63) is 29.8 Å². The summed E-state index contributed by atoms with van der Waals surface area (Å²) in [6.07, 6.45) is 2.28. The topological polar surface area (TPSA) is 72.8 Å². The Balaban J connectivity index is 2.33. The van der Waals surface area contributed by atoms with Crippen LogP contribution in [0.2, 0.25) is 0 Å². The molecule has 5 nitrogen and oxygen atoms in total. The number of hydrogen-bond donors (Lipinski definition) is 1. The monoisotopic (exact) mass is 378 g/mol. The highest BCUT2D eigenvalue weighted by molar-refractivity contribution is 5.87. The lowest BCUT2D eigenvalue weighted by atomic mass is 9.72. The summed E-state index contributed by atoms with van der Waals surface area (Å²) in [7, 11) is 0. The molecule has 0 heterocycles. The van der Waals surface area contributed by atoms with Crippen LogP contribution in [-0.4, -0.2) is 30.3 Å². The number of rotatable bonds is 9. The molecule has 0 bridgehead atoms. The van der Waals surface area contributed by atoms with Crippen molar-refractivity contribution in [3.8, 4) is 5.75 Å². The summed E-state index contributed by atoms with van der Waals surface area (Å²) in [6.45, 7) is 13.5. The van der Waals surface area contributed by atoms with Gasteiger partial charge < -0.3 is 14.6 Å². The molecule has 0 spiro atoms. The number of carbonyl (C=O) groups excluding carboxylic acids is 1. The van der Waals surface area contributed by atoms with Crippen LogP contribution in [-0.2, 0) is 9.53 Å². The molecule has 0 saturated heterocycles. The fraction of sp³-hybridized carbons (Fsp3) is 0.636. The normalized spacial score (nSPS) is 13.1. The van der Waals surface area contributed by atoms with E-state index in [-0.39, 0.29) is 28.3 Å². The average Bonchev–Trinajstić information content (AvgIpc) is 2.54. The predicted molar refractivity (Wildman–Crippen MR) is 106 cm³/mol. The van der Waals surface area contributed by atoms with E-state index in [0.29, 0.717) is 19.0 Å². The summed E-state index contributed by atoms with van der Waals surface area (Å²) in [5.41, 5.74) is 0.175. The van der Waals surface area contributed by atoms with E-state index in [1.54, 1.807) is 12.1 Å². The molecule has 152 valence electrons. The summed E-state index contributed by atoms with van der Waals surface area (Å²) < 4.78 is 11.1. The van der Waals surface area contributed by atoms with Crippen LogP contribution in [0.25, 0.3) is 0 Å². The molecular weight excluding hydrogens is 344 g/mol. The van der Waals surface area contributed by atoms with Gasteiger partial charge in [-0.2, -0.15) is 0 Å². The number of unbranched alkanes of at least 4 members (excludes halogenated alkanes) is 1. The average molecular weight is 379 g/mol. The lowest BCUT2D eigenvalue weighted by Crippen LogP contribution is -2.33. The highest BCUT2D eigenvalue weighted by Gasteiger charge is 2.35. The first-order valence-electron chi connectivity index (χ1n) is 9.53. The van der Waals surface area contributed by atoms with Gasteiger partial charge >= 0.3 is 11.9 Å². The molecule has 1 aromatic rings. The van der Waals surface area contributed by atoms with Gasteiger partial charge in [0.05, 0.1) is 24.7 Å². The molecule has 0 amide bonds. The van der Waals surface area contributed by atoms with Crippen molar-refractivity contribution in [2.75, 3.05) is 13.2 Å². The molecule has 0 fully saturated rings. The van der Waals surface area contributed by atoms with Gasteiger partial charge in [0.2, 0.25) is 0 Å². The lowest BCUT2D eigenvalue weighted by molar-refractivity contribution is -0.154. The zero-order valence-corrected chi connectivity index (χ0v) is 17.5. The smallest absolute Gasteiger partial charge is 0.335 e. The first-order chi connectivity index (χ1) is 12.4. The third kappa shape index (κ3) is 8.94. The summed E-state index contributed by atoms with van der Waals surface area (Å²) in [4.78, 5) is 23.3. The maximum absolute atomic E-state index is 12.5. The largest absolute Gasteiger partial charge is 0.494 e. The van der Waals surface area contributed by atoms with Crippen LogP contribution in [0.5, 0.6) is 5.75 Å². The number of carboxylic acids is 1. The van der Waals surface area contributed by atoms with E-state index in [1.165, 1.54) is 12.1 Å². The summed E-state index contributed by atoms with van der Waals surface area (Å²) in [6, 6.07) is 6.32. The minimum absolute atomic E-state index is 0.0704. The van der Waals surface area contributed by atoms with Crippen LogP contribution in [0.4, 0.5) is 0 Å². The Labute approximate surface area is 163 Å². The molecule has 1 aromatic carbocycles. The van der Waals surface area contributed by atoms with Gasteiger partial charge in [0.15, 0.2) is 0 Å². The molecule has 5 heteroatoms. The maximum Gasteiger partial charge on any atom is 0.335 e. The van der Waals surface area contributed by atoms with Gasteiger partial charge in [-0.15, -0.1) is 0 Å². The number of benzene rings is 1. The fourth-order valence-corrected chi connectivity index (χ4v) is 2.72. The number of carboxylic acid groups (broad SMARTS) is 1. The standard InChI is InChI=1S/C22H34O5/c1-21(2,3)15-18(22(4,5)6)20(25)27-14-8-7-13-26-17-11-9-16(10-12-17)19(23)24/h9-12,18H,7-8,13-15H2,1-6H3,(H,23,24). The van der Waals surface area contributed by atoms with Crippen molar-refractivity contribution in [3.63, 3.8) is 0 Å². The molecule has 0 saturated carbocycles. The Morgan fingerprint density at radius 3 is 2.00 bits per heavy atom. The third-order valence-electron chi connectivity index (χ3n) is 4.30. The first-order valence-corrected chi connectivity index (χ1v) is 9.53. The van der Waals surface area contributed by atoms with E-state index in [0.717, 1.165) is 19.3 Å². The Morgan fingerprint density at radius 2 is 1.52 bits per heavy atom. The van der Waals surface area contributed by atoms with Gasteiger partial charge in [0.1, 0.15) is 5.75 Å². The fourth-order valence-electron chi connectivity index (χ4n) is 2.72. The molecule has 0 aliphatic heterocycles. The Hall–Kier alpha value is -2.04. The first kappa shape index (κ1) is 23.0. The summed E-state index contributed by atoms with van der Waals surface area (Å²) in [5.74, 6) is -0.567. The van der Waals surface area contributed by atoms with E-state index >= 15 is 0 Å². The van der Waals surface area contributed by atoms with Crippen molar-refractivity contribution >= 4 is 11.9 Å². The van der Waals surface area contributed by atoms with Crippen LogP contribution >= 0.6 is 0 Å². The minimum atomic E-state index is -0.955. The zero-order valence-electron chi connectivity index (χ0n) is 17.5. The number of aromatic carboxylic acids is 1. The molecular formula is C22H34O5. The second-order valence-corrected chi connectivity index (χ2v) is 9.24. The van der Waals surface area contributed by atoms with Gasteiger partial charge in [-0.3, -0.25) is 4.79 Å². The molecule has 1 N–H and O–H groups in total. The van der Waals surface area contributed by atoms with Crippen LogP contribution in [0.15, 0.2) is 24.3 Å². The van der Waals surface area contributed by atoms with Crippen molar-refractivity contribution in [1.82, 2.24) is 0 Å². The van der Waals surface area contributed by atoms with Gasteiger partial charge in [-0.05, 0) is 54.4 Å². The summed E-state index contributed by atoms with van der Waals surface area (Å²) in [5, 5.41) is 8.86. The molecule has 0 radical (unpaired) electrons. The molecule has 0 aliphatic carbocycles. The van der Waals surface area contributed by atoms with E-state index in [4.69, 9.17) is 14.6 Å². The zero-order chi connectivity index (χ0) is 20.7. The minimum Gasteiger partial charge on any atom is -0.494 e. The van der Waals surface area contributed by atoms with Crippen LogP contribution < -0.4 is 4.74 Å². The van der Waals surface area contributed by atoms with Crippen LogP contribution in [0.3, 0.4) is 0 Å². The second-order valence-electron chi connectivity index (χ2n) is 9.24. The van der Waals surface area contributed by atoms with Crippen molar-refractivity contribution in [2.24, 2.45) is 16.7 Å². The summed E-state index contributed by atoms with van der Waals surface area (Å²) >= 11 is 0. The van der Waals surface area contributed by atoms with Gasteiger partial charge in [-0.25, -0.2) is 4.79 Å². The molecule has 1 rings (SSSR count). The SMILES string of the molecule is CC(C)(C)CC(C(=O)OCCCCOc1ccc(C(=O)O)cc1)C(C)(C)C. The maximum atomic E-state index is 12.5. The van der Waals surface area contributed by atoms with E-state index < -0.39 is 5.97 Å². The van der Waals surface area contributed by atoms with Gasteiger partial charge in [0.25, 0.3) is 0 Å². The lowest BCUT2D eigenvalue weighted by Gasteiger charge is -2.33. The Bertz CT molecular complexity index is 605. The van der Waals surface area contributed by atoms with Crippen molar-refractivity contribution < 1.29 is 24.2 Å². The highest BCUT2D eigenvalue weighted by Crippen LogP contribution is 2.36. The van der Waals surface area contributed by atoms with Crippen molar-refractivity contribution in [2.45, 2.75) is 60.8 Å². The quantitative estimate of drug-likeness (QED) is 0.473. The van der Waals surface area contributed by atoms with Crippen molar-refractivity contribution in [1.29, 1.82) is 0 Å². The van der Waals surface area contributed by atoms with Crippen LogP contribution in [0.1, 0.15) is 71.2 Å². The molecule has 0 aliphatic rings. The molecule has 1 atom stereocenters. The van der Waals surface area contributed by atoms with E-state index in [9.17, 15) is 9.59 Å². The third-order valence-corrected chi connectivity index (χ3v) is 4.30. The molecule has 27 heavy (non-hydrogen) atoms. The predicted octanol–water partition coefficient (Wildman–Crippen LogP) is 5.19. The number of hydrogen-bond acceptors (Lipinski definition) is 4. The molecule has 1 unspecified atom stereocenters.